The fraction of sp³-hybridized carbons (Fsp3) is 0.529. The lowest BCUT2D eigenvalue weighted by Crippen LogP contribution is -2.50. The lowest BCUT2D eigenvalue weighted by atomic mass is 9.79. The predicted octanol–water partition coefficient (Wildman–Crippen LogP) is 2.83. The lowest BCUT2D eigenvalue weighted by molar-refractivity contribution is -0.193. The molecule has 6 nitrogen and oxygen atoms in total. The summed E-state index contributed by atoms with van der Waals surface area (Å²) in [6.45, 7) is -0.214. The first-order valence-electron chi connectivity index (χ1n) is 8.29. The molecule has 2 heterocycles. The van der Waals surface area contributed by atoms with E-state index < -0.39 is 35.9 Å². The number of halogens is 6. The number of carbonyl (C=O) groups excluding carboxylic acids is 2. The fourth-order valence-electron chi connectivity index (χ4n) is 3.65. The number of ketones is 2. The molecule has 0 saturated carbocycles. The molecule has 3 rings (SSSR count). The lowest BCUT2D eigenvalue weighted by Gasteiger charge is -2.39. The van der Waals surface area contributed by atoms with Gasteiger partial charge in [0.25, 0.3) is 0 Å². The quantitative estimate of drug-likeness (QED) is 0.544. The number of alkyl halides is 6. The summed E-state index contributed by atoms with van der Waals surface area (Å²) in [6, 6.07) is -0.445. The topological polar surface area (TPSA) is 65.1 Å². The molecule has 0 aromatic heterocycles. The number of hydrogen-bond acceptors (Lipinski definition) is 6. The van der Waals surface area contributed by atoms with Crippen LogP contribution < -0.4 is 14.2 Å². The molecule has 160 valence electrons. The number of nitrogens with zero attached hydrogens (tertiary/aromatic N) is 1. The molecule has 1 unspecified atom stereocenters. The number of Topliss-reactive ketones (excluding diaryl/α,β-unsaturated/α-hetero) is 2. The van der Waals surface area contributed by atoms with Gasteiger partial charge in [-0.15, -0.1) is 0 Å². The maximum atomic E-state index is 13.1. The molecule has 0 amide bonds. The summed E-state index contributed by atoms with van der Waals surface area (Å²) in [6.07, 6.45) is -11.1. The Hall–Kier alpha value is -2.50. The highest BCUT2D eigenvalue weighted by molar-refractivity contribution is 6.07. The van der Waals surface area contributed by atoms with Gasteiger partial charge in [-0.2, -0.15) is 26.3 Å². The molecule has 1 atom stereocenters. The van der Waals surface area contributed by atoms with E-state index in [1.165, 1.54) is 13.1 Å². The van der Waals surface area contributed by atoms with Crippen molar-refractivity contribution < 1.29 is 50.1 Å². The number of carbonyl (C=O) groups is 2. The number of methoxy groups -OCH3 is 1. The number of rotatable bonds is 4. The first kappa shape index (κ1) is 21.2. The molecule has 0 N–H and O–H groups in total. The van der Waals surface area contributed by atoms with Crippen LogP contribution in [0.1, 0.15) is 17.2 Å². The molecule has 29 heavy (non-hydrogen) atoms. The van der Waals surface area contributed by atoms with Crippen LogP contribution in [0.2, 0.25) is 0 Å². The van der Waals surface area contributed by atoms with Gasteiger partial charge in [0, 0.05) is 12.1 Å². The normalized spacial score (nSPS) is 19.3. The Morgan fingerprint density at radius 2 is 1.72 bits per heavy atom. The number of benzene rings is 1. The van der Waals surface area contributed by atoms with Crippen molar-refractivity contribution in [3.05, 3.63) is 17.2 Å². The van der Waals surface area contributed by atoms with E-state index in [0.717, 1.165) is 12.0 Å². The maximum Gasteiger partial charge on any atom is 0.450 e. The molecule has 1 aromatic carbocycles. The molecule has 2 aliphatic rings. The standard InChI is InChI=1S/C17H15F6NO5/c1-24-4-3-7-5-8-12(29-6-28-8)13(27-2)9(7)11(24)10(14(25)16(18,19)20)15(26)17(21,22)23/h5,10-11H,3-4,6H2,1-2H3. The molecule has 0 aliphatic carbocycles. The zero-order valence-electron chi connectivity index (χ0n) is 15.1. The van der Waals surface area contributed by atoms with Crippen molar-refractivity contribution in [2.45, 2.75) is 24.8 Å². The van der Waals surface area contributed by atoms with Gasteiger partial charge in [0.1, 0.15) is 5.92 Å². The van der Waals surface area contributed by atoms with Crippen LogP contribution in [0.15, 0.2) is 6.07 Å². The van der Waals surface area contributed by atoms with Gasteiger partial charge in [0.2, 0.25) is 24.1 Å². The molecule has 0 bridgehead atoms. The highest BCUT2D eigenvalue weighted by Crippen LogP contribution is 2.52. The minimum Gasteiger partial charge on any atom is -0.492 e. The van der Waals surface area contributed by atoms with Gasteiger partial charge in [0.15, 0.2) is 11.5 Å². The van der Waals surface area contributed by atoms with Crippen LogP contribution in [0.5, 0.6) is 17.2 Å². The Balaban J connectivity index is 2.25. The fourth-order valence-corrected chi connectivity index (χ4v) is 3.65. The average Bonchev–Trinajstić information content (AvgIpc) is 3.08. The first-order chi connectivity index (χ1) is 13.4. The molecular formula is C17H15F6NO5. The van der Waals surface area contributed by atoms with Crippen LogP contribution in [0.3, 0.4) is 0 Å². The van der Waals surface area contributed by atoms with E-state index in [1.807, 2.05) is 0 Å². The van der Waals surface area contributed by atoms with Crippen molar-refractivity contribution in [2.24, 2.45) is 5.92 Å². The molecule has 2 aliphatic heterocycles. The van der Waals surface area contributed by atoms with Crippen molar-refractivity contribution in [1.29, 1.82) is 0 Å². The van der Waals surface area contributed by atoms with Gasteiger partial charge in [-0.1, -0.05) is 0 Å². The highest BCUT2D eigenvalue weighted by Gasteiger charge is 2.58. The minimum absolute atomic E-state index is 0.00718. The Labute approximate surface area is 160 Å². The second kappa shape index (κ2) is 7.08. The molecule has 0 radical (unpaired) electrons. The monoisotopic (exact) mass is 427 g/mol. The van der Waals surface area contributed by atoms with Crippen LogP contribution in [0, 0.1) is 5.92 Å². The molecule has 12 heteroatoms. The van der Waals surface area contributed by atoms with Crippen LogP contribution >= 0.6 is 0 Å². The molecule has 0 fully saturated rings. The van der Waals surface area contributed by atoms with Gasteiger partial charge in [0.05, 0.1) is 13.2 Å². The minimum atomic E-state index is -5.65. The molecular weight excluding hydrogens is 412 g/mol. The van der Waals surface area contributed by atoms with Gasteiger partial charge >= 0.3 is 12.4 Å². The number of likely N-dealkylation sites (N-methyl/N-ethyl adjacent to an activating group) is 1. The summed E-state index contributed by atoms with van der Waals surface area (Å²) in [7, 11) is 2.38. The van der Waals surface area contributed by atoms with Crippen LogP contribution in [-0.2, 0) is 16.0 Å². The van der Waals surface area contributed by atoms with Gasteiger partial charge in [-0.3, -0.25) is 14.5 Å². The average molecular weight is 427 g/mol. The SMILES string of the molecule is COc1c2c(cc3c1C(C(C(=O)C(F)(F)F)C(=O)C(F)(F)F)N(C)CC3)OCO2. The Kier molecular flexibility index (Phi) is 5.18. The van der Waals surface area contributed by atoms with Crippen molar-refractivity contribution in [3.8, 4) is 17.2 Å². The summed E-state index contributed by atoms with van der Waals surface area (Å²) in [5.41, 5.74) is 0.176. The Bertz CT molecular complexity index is 824. The summed E-state index contributed by atoms with van der Waals surface area (Å²) < 4.78 is 94.5. The van der Waals surface area contributed by atoms with E-state index in [0.29, 0.717) is 5.56 Å². The summed E-state index contributed by atoms with van der Waals surface area (Å²) >= 11 is 0. The van der Waals surface area contributed by atoms with E-state index in [9.17, 15) is 35.9 Å². The van der Waals surface area contributed by atoms with Gasteiger partial charge in [-0.25, -0.2) is 0 Å². The molecule has 1 aromatic rings. The van der Waals surface area contributed by atoms with E-state index in [-0.39, 0.29) is 42.6 Å². The van der Waals surface area contributed by atoms with Crippen LogP contribution in [0.4, 0.5) is 26.3 Å². The number of ether oxygens (including phenoxy) is 3. The second-order valence-electron chi connectivity index (χ2n) is 6.59. The van der Waals surface area contributed by atoms with Crippen molar-refractivity contribution in [3.63, 3.8) is 0 Å². The van der Waals surface area contributed by atoms with E-state index in [4.69, 9.17) is 14.2 Å². The highest BCUT2D eigenvalue weighted by atomic mass is 19.4. The van der Waals surface area contributed by atoms with Crippen LogP contribution in [-0.4, -0.2) is 56.3 Å². The van der Waals surface area contributed by atoms with Crippen molar-refractivity contribution in [1.82, 2.24) is 4.90 Å². The van der Waals surface area contributed by atoms with E-state index in [1.54, 1.807) is 0 Å². The van der Waals surface area contributed by atoms with Crippen molar-refractivity contribution in [2.75, 3.05) is 27.5 Å². The Morgan fingerprint density at radius 1 is 1.14 bits per heavy atom. The van der Waals surface area contributed by atoms with Gasteiger partial charge < -0.3 is 14.2 Å². The first-order valence-corrected chi connectivity index (χ1v) is 8.29. The van der Waals surface area contributed by atoms with E-state index >= 15 is 0 Å². The Morgan fingerprint density at radius 3 is 2.24 bits per heavy atom. The summed E-state index contributed by atoms with van der Waals surface area (Å²) in [5.74, 6) is -8.56. The van der Waals surface area contributed by atoms with Gasteiger partial charge in [-0.05, 0) is 25.1 Å². The molecule has 0 spiro atoms. The van der Waals surface area contributed by atoms with Crippen LogP contribution in [0.25, 0.3) is 0 Å². The second-order valence-corrected chi connectivity index (χ2v) is 6.59. The number of fused-ring (bicyclic) bond motifs is 2. The third-order valence-corrected chi connectivity index (χ3v) is 4.89. The predicted molar refractivity (Wildman–Crippen MR) is 83.8 cm³/mol. The van der Waals surface area contributed by atoms with E-state index in [2.05, 4.69) is 0 Å². The third-order valence-electron chi connectivity index (χ3n) is 4.89. The largest absolute Gasteiger partial charge is 0.492 e. The molecule has 0 saturated heterocycles. The maximum absolute atomic E-state index is 13.1. The van der Waals surface area contributed by atoms with Crippen molar-refractivity contribution >= 4 is 11.6 Å². The number of hydrogen-bond donors (Lipinski definition) is 0. The summed E-state index contributed by atoms with van der Waals surface area (Å²) in [4.78, 5) is 25.0. The zero-order chi connectivity index (χ0) is 21.7. The zero-order valence-corrected chi connectivity index (χ0v) is 15.1. The smallest absolute Gasteiger partial charge is 0.450 e. The summed E-state index contributed by atoms with van der Waals surface area (Å²) in [5, 5.41) is 0. The third kappa shape index (κ3) is 3.61.